The first-order valence-corrected chi connectivity index (χ1v) is 7.83. The number of carbonyl (C=O) groups excluding carboxylic acids is 1. The zero-order chi connectivity index (χ0) is 14.8. The van der Waals surface area contributed by atoms with Gasteiger partial charge in [-0.25, -0.2) is 0 Å². The van der Waals surface area contributed by atoms with Crippen LogP contribution in [0.15, 0.2) is 40.9 Å². The maximum Gasteiger partial charge on any atom is 0.255 e. The van der Waals surface area contributed by atoms with Crippen molar-refractivity contribution in [2.24, 2.45) is 0 Å². The number of hydrogen-bond acceptors (Lipinski definition) is 2. The molecule has 2 N–H and O–H groups in total. The summed E-state index contributed by atoms with van der Waals surface area (Å²) >= 11 is 3.48. The van der Waals surface area contributed by atoms with Gasteiger partial charge in [-0.1, -0.05) is 28.1 Å². The maximum atomic E-state index is 12.3. The van der Waals surface area contributed by atoms with Crippen molar-refractivity contribution in [1.29, 1.82) is 0 Å². The molecule has 2 aromatic rings. The molecule has 0 saturated heterocycles. The van der Waals surface area contributed by atoms with Gasteiger partial charge in [-0.15, -0.1) is 0 Å². The molecule has 0 saturated carbocycles. The Balaban J connectivity index is 1.80. The Morgan fingerprint density at radius 1 is 1.19 bits per heavy atom. The van der Waals surface area contributed by atoms with Crippen LogP contribution in [0.4, 0.5) is 5.69 Å². The van der Waals surface area contributed by atoms with Crippen molar-refractivity contribution < 1.29 is 4.79 Å². The molecule has 0 bridgehead atoms. The molecular weight excluding hydrogens is 328 g/mol. The Hall–Kier alpha value is -1.65. The summed E-state index contributed by atoms with van der Waals surface area (Å²) in [7, 11) is 0. The number of anilines is 1. The first-order chi connectivity index (χ1) is 10.1. The summed E-state index contributed by atoms with van der Waals surface area (Å²) in [5, 5.41) is 6.28. The van der Waals surface area contributed by atoms with Gasteiger partial charge in [0, 0.05) is 22.3 Å². The number of aryl methyl sites for hydroxylation is 1. The van der Waals surface area contributed by atoms with E-state index < -0.39 is 0 Å². The van der Waals surface area contributed by atoms with E-state index in [4.69, 9.17) is 0 Å². The molecule has 1 aliphatic rings. The van der Waals surface area contributed by atoms with E-state index in [2.05, 4.69) is 32.6 Å². The quantitative estimate of drug-likeness (QED) is 0.872. The van der Waals surface area contributed by atoms with Crippen LogP contribution >= 0.6 is 15.9 Å². The van der Waals surface area contributed by atoms with Crippen molar-refractivity contribution in [1.82, 2.24) is 5.32 Å². The van der Waals surface area contributed by atoms with Crippen molar-refractivity contribution in [3.05, 3.63) is 63.1 Å². The van der Waals surface area contributed by atoms with E-state index in [-0.39, 0.29) is 5.91 Å². The number of rotatable bonds is 2. The van der Waals surface area contributed by atoms with Crippen LogP contribution in [0.5, 0.6) is 0 Å². The van der Waals surface area contributed by atoms with Crippen molar-refractivity contribution in [2.45, 2.75) is 19.9 Å². The third-order valence-electron chi connectivity index (χ3n) is 3.78. The molecule has 3 rings (SSSR count). The van der Waals surface area contributed by atoms with E-state index in [1.165, 1.54) is 11.1 Å². The lowest BCUT2D eigenvalue weighted by atomic mass is 9.98. The topological polar surface area (TPSA) is 41.1 Å². The summed E-state index contributed by atoms with van der Waals surface area (Å²) in [5.74, 6) is -0.0703. The molecule has 0 atom stereocenters. The smallest absolute Gasteiger partial charge is 0.255 e. The van der Waals surface area contributed by atoms with Crippen LogP contribution in [0.3, 0.4) is 0 Å². The monoisotopic (exact) mass is 344 g/mol. The standard InChI is InChI=1S/C17H17BrN2O/c1-11-2-5-15(9-16(11)18)20-17(21)13-4-3-12-6-7-19-10-14(12)8-13/h2-5,8-9,19H,6-7,10H2,1H3,(H,20,21). The second-order valence-electron chi connectivity index (χ2n) is 5.33. The summed E-state index contributed by atoms with van der Waals surface area (Å²) < 4.78 is 0.995. The summed E-state index contributed by atoms with van der Waals surface area (Å²) in [6.07, 6.45) is 1.03. The summed E-state index contributed by atoms with van der Waals surface area (Å²) in [6, 6.07) is 11.8. The van der Waals surface area contributed by atoms with Crippen molar-refractivity contribution in [3.63, 3.8) is 0 Å². The molecule has 3 nitrogen and oxygen atoms in total. The number of hydrogen-bond donors (Lipinski definition) is 2. The highest BCUT2D eigenvalue weighted by molar-refractivity contribution is 9.10. The summed E-state index contributed by atoms with van der Waals surface area (Å²) in [4.78, 5) is 12.3. The van der Waals surface area contributed by atoms with E-state index in [1.807, 2.05) is 37.3 Å². The van der Waals surface area contributed by atoms with Crippen LogP contribution < -0.4 is 10.6 Å². The van der Waals surface area contributed by atoms with Crippen LogP contribution in [0, 0.1) is 6.92 Å². The number of amides is 1. The number of carbonyl (C=O) groups is 1. The van der Waals surface area contributed by atoms with Gasteiger partial charge in [0.1, 0.15) is 0 Å². The molecule has 1 heterocycles. The molecule has 0 aliphatic carbocycles. The second kappa shape index (κ2) is 6.00. The number of nitrogens with one attached hydrogen (secondary N) is 2. The van der Waals surface area contributed by atoms with E-state index in [0.29, 0.717) is 5.56 Å². The highest BCUT2D eigenvalue weighted by Gasteiger charge is 2.12. The van der Waals surface area contributed by atoms with E-state index in [9.17, 15) is 4.79 Å². The molecule has 0 spiro atoms. The van der Waals surface area contributed by atoms with E-state index in [1.54, 1.807) is 0 Å². The minimum Gasteiger partial charge on any atom is -0.322 e. The molecular formula is C17H17BrN2O. The molecule has 1 aliphatic heterocycles. The van der Waals surface area contributed by atoms with Crippen molar-refractivity contribution in [3.8, 4) is 0 Å². The fourth-order valence-corrected chi connectivity index (χ4v) is 2.87. The van der Waals surface area contributed by atoms with Gasteiger partial charge in [-0.3, -0.25) is 4.79 Å². The molecule has 21 heavy (non-hydrogen) atoms. The third kappa shape index (κ3) is 3.17. The Labute approximate surface area is 132 Å². The van der Waals surface area contributed by atoms with Crippen molar-refractivity contribution >= 4 is 27.5 Å². The van der Waals surface area contributed by atoms with Crippen molar-refractivity contribution in [2.75, 3.05) is 11.9 Å². The molecule has 2 aromatic carbocycles. The average Bonchev–Trinajstić information content (AvgIpc) is 2.50. The van der Waals surface area contributed by atoms with Gasteiger partial charge < -0.3 is 10.6 Å². The Morgan fingerprint density at radius 3 is 2.86 bits per heavy atom. The Morgan fingerprint density at radius 2 is 2.05 bits per heavy atom. The largest absolute Gasteiger partial charge is 0.322 e. The van der Waals surface area contributed by atoms with Gasteiger partial charge in [-0.2, -0.15) is 0 Å². The van der Waals surface area contributed by atoms with E-state index in [0.717, 1.165) is 35.2 Å². The minimum atomic E-state index is -0.0703. The zero-order valence-electron chi connectivity index (χ0n) is 11.9. The number of halogens is 1. The SMILES string of the molecule is Cc1ccc(NC(=O)c2ccc3c(c2)CNCC3)cc1Br. The lowest BCUT2D eigenvalue weighted by Crippen LogP contribution is -2.24. The molecule has 0 unspecified atom stereocenters. The van der Waals surface area contributed by atoms with Crippen LogP contribution in [0.1, 0.15) is 27.0 Å². The minimum absolute atomic E-state index is 0.0703. The highest BCUT2D eigenvalue weighted by Crippen LogP contribution is 2.22. The number of fused-ring (bicyclic) bond motifs is 1. The van der Waals surface area contributed by atoms with Gasteiger partial charge in [0.25, 0.3) is 5.91 Å². The summed E-state index contributed by atoms with van der Waals surface area (Å²) in [5.41, 5.74) is 5.21. The van der Waals surface area contributed by atoms with Gasteiger partial charge in [0.15, 0.2) is 0 Å². The van der Waals surface area contributed by atoms with Crippen LogP contribution in [0.25, 0.3) is 0 Å². The molecule has 0 radical (unpaired) electrons. The molecule has 1 amide bonds. The third-order valence-corrected chi connectivity index (χ3v) is 4.64. The van der Waals surface area contributed by atoms with Gasteiger partial charge >= 0.3 is 0 Å². The van der Waals surface area contributed by atoms with Crippen LogP contribution in [0.2, 0.25) is 0 Å². The first kappa shape index (κ1) is 14.3. The fourth-order valence-electron chi connectivity index (χ4n) is 2.50. The van der Waals surface area contributed by atoms with Gasteiger partial charge in [0.05, 0.1) is 0 Å². The maximum absolute atomic E-state index is 12.3. The predicted octanol–water partition coefficient (Wildman–Crippen LogP) is 3.66. The average molecular weight is 345 g/mol. The first-order valence-electron chi connectivity index (χ1n) is 7.03. The Bertz CT molecular complexity index is 697. The van der Waals surface area contributed by atoms with Crippen LogP contribution in [-0.2, 0) is 13.0 Å². The lowest BCUT2D eigenvalue weighted by Gasteiger charge is -2.17. The lowest BCUT2D eigenvalue weighted by molar-refractivity contribution is 0.102. The molecule has 0 aromatic heterocycles. The highest BCUT2D eigenvalue weighted by atomic mass is 79.9. The van der Waals surface area contributed by atoms with E-state index >= 15 is 0 Å². The fraction of sp³-hybridized carbons (Fsp3) is 0.235. The second-order valence-corrected chi connectivity index (χ2v) is 6.18. The number of benzene rings is 2. The Kier molecular flexibility index (Phi) is 4.08. The normalized spacial score (nSPS) is 13.6. The molecule has 4 heteroatoms. The molecule has 0 fully saturated rings. The van der Waals surface area contributed by atoms with Gasteiger partial charge in [-0.05, 0) is 60.8 Å². The van der Waals surface area contributed by atoms with Gasteiger partial charge in [0.2, 0.25) is 0 Å². The summed E-state index contributed by atoms with van der Waals surface area (Å²) in [6.45, 7) is 3.87. The molecule has 108 valence electrons. The van der Waals surface area contributed by atoms with Crippen LogP contribution in [-0.4, -0.2) is 12.5 Å². The zero-order valence-corrected chi connectivity index (χ0v) is 13.5. The predicted molar refractivity (Wildman–Crippen MR) is 88.7 cm³/mol.